The lowest BCUT2D eigenvalue weighted by molar-refractivity contribution is 0.0927. The van der Waals surface area contributed by atoms with E-state index >= 15 is 0 Å². The zero-order valence-electron chi connectivity index (χ0n) is 16.3. The van der Waals surface area contributed by atoms with Gasteiger partial charge in [0.1, 0.15) is 11.6 Å². The lowest BCUT2D eigenvalue weighted by Crippen LogP contribution is -2.28. The van der Waals surface area contributed by atoms with Crippen molar-refractivity contribution in [3.63, 3.8) is 0 Å². The van der Waals surface area contributed by atoms with Crippen molar-refractivity contribution in [2.75, 3.05) is 18.4 Å². The predicted octanol–water partition coefficient (Wildman–Crippen LogP) is 3.37. The van der Waals surface area contributed by atoms with Gasteiger partial charge >= 0.3 is 0 Å². The maximum absolute atomic E-state index is 12.0. The van der Waals surface area contributed by atoms with Gasteiger partial charge in [-0.3, -0.25) is 4.79 Å². The molecule has 3 heterocycles. The fourth-order valence-corrected chi connectivity index (χ4v) is 2.93. The van der Waals surface area contributed by atoms with Gasteiger partial charge in [0.2, 0.25) is 0 Å². The van der Waals surface area contributed by atoms with E-state index in [-0.39, 0.29) is 11.8 Å². The monoisotopic (exact) mass is 390 g/mol. The molecule has 0 aliphatic heterocycles. The van der Waals surface area contributed by atoms with Gasteiger partial charge in [-0.1, -0.05) is 32.0 Å². The van der Waals surface area contributed by atoms with Gasteiger partial charge in [0.25, 0.3) is 5.91 Å². The second kappa shape index (κ2) is 8.14. The molecule has 0 saturated carbocycles. The molecule has 0 spiro atoms. The lowest BCUT2D eigenvalue weighted by Gasteiger charge is -2.11. The molecule has 1 aromatic carbocycles. The van der Waals surface area contributed by atoms with Crippen LogP contribution in [0.4, 0.5) is 5.82 Å². The molecule has 8 heteroatoms. The zero-order valence-corrected chi connectivity index (χ0v) is 16.3. The number of carbonyl (C=O) groups is 1. The summed E-state index contributed by atoms with van der Waals surface area (Å²) in [6.07, 6.45) is 3.23. The van der Waals surface area contributed by atoms with Crippen molar-refractivity contribution in [3.05, 3.63) is 66.5 Å². The molecule has 4 aromatic rings. The van der Waals surface area contributed by atoms with Crippen LogP contribution in [0.2, 0.25) is 0 Å². The topological polar surface area (TPSA) is 97.9 Å². The summed E-state index contributed by atoms with van der Waals surface area (Å²) in [5, 5.41) is 11.4. The molecular weight excluding hydrogens is 368 g/mol. The second-order valence-corrected chi connectivity index (χ2v) is 6.87. The third-order valence-corrected chi connectivity index (χ3v) is 4.41. The van der Waals surface area contributed by atoms with E-state index in [1.165, 1.54) is 6.26 Å². The Morgan fingerprint density at radius 1 is 1.10 bits per heavy atom. The van der Waals surface area contributed by atoms with E-state index in [1.807, 2.05) is 35.0 Å². The third-order valence-electron chi connectivity index (χ3n) is 4.41. The highest BCUT2D eigenvalue weighted by Crippen LogP contribution is 2.24. The lowest BCUT2D eigenvalue weighted by atomic mass is 10.2. The summed E-state index contributed by atoms with van der Waals surface area (Å²) in [7, 11) is 0. The molecule has 0 saturated heterocycles. The Hall–Kier alpha value is -3.68. The number of furan rings is 1. The standard InChI is InChI=1S/C21H22N6O2/c1-14(2)18-25-19(22-10-11-23-21(28)17-9-6-12-29-17)16-13-24-27(20(16)26-18)15-7-4-3-5-8-15/h3-9,12-14H,10-11H2,1-2H3,(H,23,28)(H,22,25,26). The predicted molar refractivity (Wildman–Crippen MR) is 110 cm³/mol. The van der Waals surface area contributed by atoms with Crippen molar-refractivity contribution >= 4 is 22.8 Å². The largest absolute Gasteiger partial charge is 0.459 e. The first kappa shape index (κ1) is 18.7. The fourth-order valence-electron chi connectivity index (χ4n) is 2.93. The third kappa shape index (κ3) is 3.96. The Kier molecular flexibility index (Phi) is 5.24. The summed E-state index contributed by atoms with van der Waals surface area (Å²) in [5.74, 6) is 1.65. The van der Waals surface area contributed by atoms with E-state index in [1.54, 1.807) is 18.3 Å². The van der Waals surface area contributed by atoms with Crippen molar-refractivity contribution in [3.8, 4) is 5.69 Å². The molecule has 0 aliphatic carbocycles. The number of amides is 1. The molecule has 0 fully saturated rings. The van der Waals surface area contributed by atoms with Crippen molar-refractivity contribution in [1.29, 1.82) is 0 Å². The number of rotatable bonds is 7. The molecule has 0 atom stereocenters. The average Bonchev–Trinajstić information content (AvgIpc) is 3.41. The minimum atomic E-state index is -0.246. The first-order valence-corrected chi connectivity index (χ1v) is 9.50. The number of carbonyl (C=O) groups excluding carboxylic acids is 1. The van der Waals surface area contributed by atoms with Crippen LogP contribution in [0.25, 0.3) is 16.7 Å². The number of para-hydroxylation sites is 1. The van der Waals surface area contributed by atoms with Crippen LogP contribution in [0, 0.1) is 0 Å². The molecule has 3 aromatic heterocycles. The average molecular weight is 390 g/mol. The summed E-state index contributed by atoms with van der Waals surface area (Å²) >= 11 is 0. The number of fused-ring (bicyclic) bond motifs is 1. The van der Waals surface area contributed by atoms with Crippen LogP contribution < -0.4 is 10.6 Å². The number of nitrogens with zero attached hydrogens (tertiary/aromatic N) is 4. The summed E-state index contributed by atoms with van der Waals surface area (Å²) in [6, 6.07) is 13.2. The van der Waals surface area contributed by atoms with Gasteiger partial charge in [0.15, 0.2) is 11.4 Å². The first-order valence-electron chi connectivity index (χ1n) is 9.50. The highest BCUT2D eigenvalue weighted by molar-refractivity contribution is 5.91. The molecule has 1 amide bonds. The summed E-state index contributed by atoms with van der Waals surface area (Å²) < 4.78 is 6.90. The van der Waals surface area contributed by atoms with Crippen molar-refractivity contribution in [2.45, 2.75) is 19.8 Å². The van der Waals surface area contributed by atoms with E-state index < -0.39 is 0 Å². The van der Waals surface area contributed by atoms with E-state index in [0.29, 0.717) is 24.7 Å². The van der Waals surface area contributed by atoms with E-state index in [2.05, 4.69) is 34.6 Å². The fraction of sp³-hybridized carbons (Fsp3) is 0.238. The molecule has 0 radical (unpaired) electrons. The molecule has 4 rings (SSSR count). The van der Waals surface area contributed by atoms with E-state index in [9.17, 15) is 4.79 Å². The number of hydrogen-bond acceptors (Lipinski definition) is 6. The zero-order chi connectivity index (χ0) is 20.2. The SMILES string of the molecule is CC(C)c1nc(NCCNC(=O)c2ccco2)c2cnn(-c3ccccc3)c2n1. The van der Waals surface area contributed by atoms with Gasteiger partial charge in [-0.25, -0.2) is 14.6 Å². The van der Waals surface area contributed by atoms with Crippen LogP contribution >= 0.6 is 0 Å². The van der Waals surface area contributed by atoms with Crippen LogP contribution in [-0.4, -0.2) is 38.7 Å². The Bertz CT molecular complexity index is 1100. The summed E-state index contributed by atoms with van der Waals surface area (Å²) in [6.45, 7) is 5.04. The van der Waals surface area contributed by atoms with Crippen molar-refractivity contribution in [1.82, 2.24) is 25.1 Å². The highest BCUT2D eigenvalue weighted by Gasteiger charge is 2.15. The number of nitrogens with one attached hydrogen (secondary N) is 2. The van der Waals surface area contributed by atoms with Gasteiger partial charge in [0.05, 0.1) is 23.5 Å². The minimum absolute atomic E-state index is 0.165. The normalized spacial score (nSPS) is 11.1. The summed E-state index contributed by atoms with van der Waals surface area (Å²) in [4.78, 5) is 21.4. The first-order chi connectivity index (χ1) is 14.1. The van der Waals surface area contributed by atoms with Gasteiger partial charge in [-0.05, 0) is 24.3 Å². The Balaban J connectivity index is 1.55. The Morgan fingerprint density at radius 2 is 1.93 bits per heavy atom. The maximum atomic E-state index is 12.0. The van der Waals surface area contributed by atoms with Crippen molar-refractivity contribution in [2.24, 2.45) is 0 Å². The van der Waals surface area contributed by atoms with Crippen molar-refractivity contribution < 1.29 is 9.21 Å². The summed E-state index contributed by atoms with van der Waals surface area (Å²) in [5.41, 5.74) is 1.68. The van der Waals surface area contributed by atoms with E-state index in [4.69, 9.17) is 9.40 Å². The van der Waals surface area contributed by atoms with Crippen LogP contribution in [-0.2, 0) is 0 Å². The minimum Gasteiger partial charge on any atom is -0.459 e. The quantitative estimate of drug-likeness (QED) is 0.470. The highest BCUT2D eigenvalue weighted by atomic mass is 16.3. The van der Waals surface area contributed by atoms with Crippen LogP contribution in [0.1, 0.15) is 36.1 Å². The molecule has 0 unspecified atom stereocenters. The van der Waals surface area contributed by atoms with Gasteiger partial charge in [0, 0.05) is 19.0 Å². The van der Waals surface area contributed by atoms with Crippen LogP contribution in [0.3, 0.4) is 0 Å². The number of hydrogen-bond donors (Lipinski definition) is 2. The smallest absolute Gasteiger partial charge is 0.287 e. The van der Waals surface area contributed by atoms with Gasteiger partial charge in [-0.15, -0.1) is 0 Å². The van der Waals surface area contributed by atoms with Crippen LogP contribution in [0.15, 0.2) is 59.3 Å². The van der Waals surface area contributed by atoms with E-state index in [0.717, 1.165) is 22.5 Å². The molecule has 8 nitrogen and oxygen atoms in total. The number of anilines is 1. The molecule has 0 bridgehead atoms. The number of aromatic nitrogens is 4. The molecule has 29 heavy (non-hydrogen) atoms. The molecular formula is C21H22N6O2. The molecule has 148 valence electrons. The van der Waals surface area contributed by atoms with Gasteiger partial charge < -0.3 is 15.1 Å². The molecule has 2 N–H and O–H groups in total. The number of benzene rings is 1. The molecule has 0 aliphatic rings. The maximum Gasteiger partial charge on any atom is 0.287 e. The Morgan fingerprint density at radius 3 is 2.66 bits per heavy atom. The second-order valence-electron chi connectivity index (χ2n) is 6.87. The van der Waals surface area contributed by atoms with Gasteiger partial charge in [-0.2, -0.15) is 5.10 Å². The van der Waals surface area contributed by atoms with Crippen LogP contribution in [0.5, 0.6) is 0 Å². The Labute approximate surface area is 168 Å².